The molecule has 0 aliphatic heterocycles. The summed E-state index contributed by atoms with van der Waals surface area (Å²) in [7, 11) is 0. The van der Waals surface area contributed by atoms with Crippen LogP contribution in [0.2, 0.25) is 0 Å². The van der Waals surface area contributed by atoms with Crippen molar-refractivity contribution in [2.45, 2.75) is 46.0 Å². The van der Waals surface area contributed by atoms with Gasteiger partial charge in [0.05, 0.1) is 0 Å². The quantitative estimate of drug-likeness (QED) is 0.873. The number of nitrogens with one attached hydrogen (secondary N) is 1. The largest absolute Gasteiger partial charge is 0.325 e. The third kappa shape index (κ3) is 2.29. The molecule has 1 aromatic carbocycles. The molecule has 2 aliphatic rings. The van der Waals surface area contributed by atoms with E-state index < -0.39 is 0 Å². The minimum Gasteiger partial charge on any atom is -0.325 e. The van der Waals surface area contributed by atoms with Crippen LogP contribution in [0.3, 0.4) is 0 Å². The van der Waals surface area contributed by atoms with Crippen LogP contribution in [0.25, 0.3) is 0 Å². The fourth-order valence-corrected chi connectivity index (χ4v) is 3.98. The number of benzene rings is 1. The maximum Gasteiger partial charge on any atom is 0.227 e. The van der Waals surface area contributed by atoms with Crippen molar-refractivity contribution in [1.82, 2.24) is 0 Å². The smallest absolute Gasteiger partial charge is 0.227 e. The van der Waals surface area contributed by atoms with Crippen molar-refractivity contribution in [3.8, 4) is 0 Å². The number of carbonyl (C=O) groups excluding carboxylic acids is 1. The van der Waals surface area contributed by atoms with Crippen LogP contribution in [0, 0.1) is 24.7 Å². The maximum atomic E-state index is 12.5. The van der Waals surface area contributed by atoms with E-state index in [1.54, 1.807) is 0 Å². The van der Waals surface area contributed by atoms with Crippen LogP contribution in [0.15, 0.2) is 18.2 Å². The molecule has 3 atom stereocenters. The molecular weight excluding hydrogens is 234 g/mol. The molecular formula is C17H23NO. The molecule has 1 amide bonds. The van der Waals surface area contributed by atoms with E-state index in [4.69, 9.17) is 0 Å². The normalized spacial score (nSPS) is 28.6. The molecule has 2 saturated carbocycles. The highest BCUT2D eigenvalue weighted by molar-refractivity contribution is 5.94. The third-order valence-corrected chi connectivity index (χ3v) is 5.06. The monoisotopic (exact) mass is 257 g/mol. The molecule has 0 saturated heterocycles. The first kappa shape index (κ1) is 12.7. The van der Waals surface area contributed by atoms with Gasteiger partial charge in [-0.3, -0.25) is 4.79 Å². The predicted octanol–water partition coefficient (Wildman–Crippen LogP) is 3.93. The molecule has 0 heterocycles. The Labute approximate surface area is 115 Å². The molecule has 3 unspecified atom stereocenters. The van der Waals surface area contributed by atoms with Gasteiger partial charge in [-0.05, 0) is 55.6 Å². The maximum absolute atomic E-state index is 12.5. The van der Waals surface area contributed by atoms with Gasteiger partial charge in [0.1, 0.15) is 0 Å². The van der Waals surface area contributed by atoms with E-state index >= 15 is 0 Å². The minimum absolute atomic E-state index is 0.260. The molecule has 1 aromatic rings. The lowest BCUT2D eigenvalue weighted by atomic mass is 9.88. The highest BCUT2D eigenvalue weighted by Crippen LogP contribution is 2.48. The summed E-state index contributed by atoms with van der Waals surface area (Å²) in [4.78, 5) is 12.5. The minimum atomic E-state index is 0.260. The van der Waals surface area contributed by atoms with Crippen molar-refractivity contribution in [3.05, 3.63) is 29.3 Å². The van der Waals surface area contributed by atoms with Gasteiger partial charge >= 0.3 is 0 Å². The van der Waals surface area contributed by atoms with Gasteiger partial charge in [0.25, 0.3) is 0 Å². The lowest BCUT2D eigenvalue weighted by molar-refractivity contribution is -0.121. The fourth-order valence-electron chi connectivity index (χ4n) is 3.98. The van der Waals surface area contributed by atoms with Crippen molar-refractivity contribution in [3.63, 3.8) is 0 Å². The fraction of sp³-hybridized carbons (Fsp3) is 0.588. The Morgan fingerprint density at radius 2 is 2.16 bits per heavy atom. The number of hydrogen-bond acceptors (Lipinski definition) is 1. The van der Waals surface area contributed by atoms with E-state index in [0.717, 1.165) is 24.4 Å². The van der Waals surface area contributed by atoms with Crippen LogP contribution < -0.4 is 5.32 Å². The van der Waals surface area contributed by atoms with Gasteiger partial charge < -0.3 is 5.32 Å². The Morgan fingerprint density at radius 3 is 2.79 bits per heavy atom. The molecule has 19 heavy (non-hydrogen) atoms. The average Bonchev–Trinajstić information content (AvgIpc) is 3.03. The Morgan fingerprint density at radius 1 is 1.32 bits per heavy atom. The van der Waals surface area contributed by atoms with Gasteiger partial charge in [-0.1, -0.05) is 31.5 Å². The summed E-state index contributed by atoms with van der Waals surface area (Å²) < 4.78 is 0. The summed E-state index contributed by atoms with van der Waals surface area (Å²) >= 11 is 0. The van der Waals surface area contributed by atoms with Crippen molar-refractivity contribution >= 4 is 11.6 Å². The summed E-state index contributed by atoms with van der Waals surface area (Å²) in [5, 5.41) is 3.22. The zero-order valence-corrected chi connectivity index (χ0v) is 11.9. The first-order chi connectivity index (χ1) is 9.19. The van der Waals surface area contributed by atoms with Gasteiger partial charge in [0.15, 0.2) is 0 Å². The van der Waals surface area contributed by atoms with Crippen LogP contribution in [-0.2, 0) is 11.2 Å². The van der Waals surface area contributed by atoms with E-state index in [1.807, 2.05) is 0 Å². The molecule has 2 nitrogen and oxygen atoms in total. The van der Waals surface area contributed by atoms with Crippen molar-refractivity contribution < 1.29 is 4.79 Å². The Bertz CT molecular complexity index is 494. The zero-order valence-electron chi connectivity index (χ0n) is 11.9. The number of aryl methyl sites for hydroxylation is 2. The molecule has 2 bridgehead atoms. The number of hydrogen-bond donors (Lipinski definition) is 1. The van der Waals surface area contributed by atoms with Crippen molar-refractivity contribution in [2.75, 3.05) is 5.32 Å². The van der Waals surface area contributed by atoms with E-state index in [-0.39, 0.29) is 11.8 Å². The second kappa shape index (κ2) is 4.99. The van der Waals surface area contributed by atoms with Crippen molar-refractivity contribution in [1.29, 1.82) is 0 Å². The zero-order chi connectivity index (χ0) is 13.4. The summed E-state index contributed by atoms with van der Waals surface area (Å²) in [6.07, 6.45) is 5.97. The molecule has 0 radical (unpaired) electrons. The molecule has 3 rings (SSSR count). The molecule has 2 aliphatic carbocycles. The number of fused-ring (bicyclic) bond motifs is 2. The Balaban J connectivity index is 1.76. The first-order valence-electron chi connectivity index (χ1n) is 7.58. The highest BCUT2D eigenvalue weighted by atomic mass is 16.1. The predicted molar refractivity (Wildman–Crippen MR) is 78.1 cm³/mol. The second-order valence-corrected chi connectivity index (χ2v) is 6.23. The van der Waals surface area contributed by atoms with Gasteiger partial charge in [-0.25, -0.2) is 0 Å². The lowest BCUT2D eigenvalue weighted by Crippen LogP contribution is -2.27. The molecule has 102 valence electrons. The van der Waals surface area contributed by atoms with E-state index in [2.05, 4.69) is 37.4 Å². The number of para-hydroxylation sites is 1. The summed E-state index contributed by atoms with van der Waals surface area (Å²) in [5.74, 6) is 2.00. The number of amides is 1. The van der Waals surface area contributed by atoms with Gasteiger partial charge in [-0.15, -0.1) is 0 Å². The summed E-state index contributed by atoms with van der Waals surface area (Å²) in [6.45, 7) is 4.22. The average molecular weight is 257 g/mol. The van der Waals surface area contributed by atoms with Crippen LogP contribution in [0.4, 0.5) is 5.69 Å². The van der Waals surface area contributed by atoms with Gasteiger partial charge in [0.2, 0.25) is 5.91 Å². The molecule has 1 N–H and O–H groups in total. The lowest BCUT2D eigenvalue weighted by Gasteiger charge is -2.22. The third-order valence-electron chi connectivity index (χ3n) is 5.06. The highest BCUT2D eigenvalue weighted by Gasteiger charge is 2.43. The van der Waals surface area contributed by atoms with Crippen molar-refractivity contribution in [2.24, 2.45) is 17.8 Å². The SMILES string of the molecule is CCc1cccc(C)c1NC(=O)C1CC2CCC1C2. The number of anilines is 1. The standard InChI is InChI=1S/C17H23NO/c1-3-13-6-4-5-11(2)16(13)18-17(19)15-10-12-7-8-14(15)9-12/h4-6,12,14-15H,3,7-10H2,1-2H3,(H,18,19). The van der Waals surface area contributed by atoms with Gasteiger partial charge in [0, 0.05) is 11.6 Å². The van der Waals surface area contributed by atoms with E-state index in [9.17, 15) is 4.79 Å². The molecule has 0 aromatic heterocycles. The van der Waals surface area contributed by atoms with Crippen LogP contribution in [0.5, 0.6) is 0 Å². The summed E-state index contributed by atoms with van der Waals surface area (Å²) in [5.41, 5.74) is 3.48. The number of carbonyl (C=O) groups is 1. The van der Waals surface area contributed by atoms with Crippen LogP contribution in [-0.4, -0.2) is 5.91 Å². The Kier molecular flexibility index (Phi) is 3.34. The first-order valence-corrected chi connectivity index (χ1v) is 7.58. The van der Waals surface area contributed by atoms with Crippen LogP contribution >= 0.6 is 0 Å². The molecule has 0 spiro atoms. The van der Waals surface area contributed by atoms with Crippen LogP contribution in [0.1, 0.15) is 43.7 Å². The molecule has 2 heteroatoms. The summed E-state index contributed by atoms with van der Waals surface area (Å²) in [6, 6.07) is 6.26. The van der Waals surface area contributed by atoms with E-state index in [0.29, 0.717) is 5.92 Å². The topological polar surface area (TPSA) is 29.1 Å². The van der Waals surface area contributed by atoms with E-state index in [1.165, 1.54) is 30.4 Å². The molecule has 2 fully saturated rings. The van der Waals surface area contributed by atoms with Gasteiger partial charge in [-0.2, -0.15) is 0 Å². The second-order valence-electron chi connectivity index (χ2n) is 6.23. The Hall–Kier alpha value is -1.31. The number of rotatable bonds is 3.